The molecule has 0 aromatic heterocycles. The van der Waals surface area contributed by atoms with Crippen molar-refractivity contribution in [2.24, 2.45) is 5.41 Å². The number of rotatable bonds is 10. The van der Waals surface area contributed by atoms with Crippen LogP contribution in [-0.2, 0) is 14.3 Å². The number of ether oxygens (including phenoxy) is 2. The molecule has 1 rings (SSSR count). The molecule has 0 saturated heterocycles. The number of esters is 2. The first-order valence-corrected chi connectivity index (χ1v) is 8.49. The molecule has 0 aliphatic carbocycles. The lowest BCUT2D eigenvalue weighted by molar-refractivity contribution is -0.168. The van der Waals surface area contributed by atoms with E-state index in [1.807, 2.05) is 0 Å². The second kappa shape index (κ2) is 9.85. The Kier molecular flexibility index (Phi) is 8.16. The maximum absolute atomic E-state index is 12.7. The monoisotopic (exact) mass is 334 g/mol. The first kappa shape index (κ1) is 19.9. The van der Waals surface area contributed by atoms with Crippen molar-refractivity contribution < 1.29 is 23.9 Å². The summed E-state index contributed by atoms with van der Waals surface area (Å²) < 4.78 is 10.7. The van der Waals surface area contributed by atoms with E-state index in [2.05, 4.69) is 6.92 Å². The largest absolute Gasteiger partial charge is 0.465 e. The van der Waals surface area contributed by atoms with Crippen molar-refractivity contribution in [3.63, 3.8) is 0 Å². The van der Waals surface area contributed by atoms with Gasteiger partial charge in [-0.3, -0.25) is 14.4 Å². The van der Waals surface area contributed by atoms with Gasteiger partial charge >= 0.3 is 11.9 Å². The zero-order chi connectivity index (χ0) is 18.0. The molecule has 1 aromatic carbocycles. The fraction of sp³-hybridized carbons (Fsp3) is 0.526. The molecule has 0 heterocycles. The fourth-order valence-corrected chi connectivity index (χ4v) is 2.43. The topological polar surface area (TPSA) is 69.7 Å². The predicted octanol–water partition coefficient (Wildman–Crippen LogP) is 3.94. The highest BCUT2D eigenvalue weighted by Gasteiger charge is 2.46. The third-order valence-corrected chi connectivity index (χ3v) is 4.22. The quantitative estimate of drug-likeness (QED) is 0.213. The molecule has 0 fully saturated rings. The van der Waals surface area contributed by atoms with Gasteiger partial charge < -0.3 is 9.47 Å². The minimum atomic E-state index is -1.35. The number of para-hydroxylation sites is 1. The van der Waals surface area contributed by atoms with Crippen LogP contribution in [-0.4, -0.2) is 24.8 Å². The maximum Gasteiger partial charge on any atom is 0.328 e. The first-order chi connectivity index (χ1) is 11.6. The summed E-state index contributed by atoms with van der Waals surface area (Å²) in [5.74, 6) is -1.08. The van der Waals surface area contributed by atoms with Crippen LogP contribution in [0.2, 0.25) is 0 Å². The van der Waals surface area contributed by atoms with Crippen LogP contribution in [0, 0.1) is 5.41 Å². The van der Waals surface area contributed by atoms with E-state index >= 15 is 0 Å². The molecule has 132 valence electrons. The summed E-state index contributed by atoms with van der Waals surface area (Å²) >= 11 is 0. The van der Waals surface area contributed by atoms with Gasteiger partial charge in [-0.2, -0.15) is 0 Å². The molecule has 0 aliphatic heterocycles. The molecular formula is C19H26O5. The second-order valence-electron chi connectivity index (χ2n) is 5.68. The molecule has 0 amide bonds. The SMILES string of the molecule is CCCCCOC(=O)C(CC)(CC)C(=O)Oc1ccccc1C=O. The lowest BCUT2D eigenvalue weighted by Gasteiger charge is -2.27. The number of benzene rings is 1. The molecule has 0 saturated carbocycles. The number of unbranched alkanes of at least 4 members (excludes halogenated alkanes) is 2. The zero-order valence-electron chi connectivity index (χ0n) is 14.7. The van der Waals surface area contributed by atoms with Gasteiger partial charge in [0.2, 0.25) is 0 Å². The number of hydrogen-bond donors (Lipinski definition) is 0. The van der Waals surface area contributed by atoms with E-state index in [0.29, 0.717) is 12.9 Å². The third kappa shape index (κ3) is 4.66. The molecular weight excluding hydrogens is 308 g/mol. The molecule has 0 aliphatic rings. The molecule has 0 atom stereocenters. The third-order valence-electron chi connectivity index (χ3n) is 4.22. The van der Waals surface area contributed by atoms with Crippen LogP contribution in [0.3, 0.4) is 0 Å². The maximum atomic E-state index is 12.7. The Morgan fingerprint density at radius 1 is 1.04 bits per heavy atom. The van der Waals surface area contributed by atoms with Crippen LogP contribution in [0.4, 0.5) is 0 Å². The van der Waals surface area contributed by atoms with E-state index in [-0.39, 0.29) is 24.2 Å². The van der Waals surface area contributed by atoms with Crippen LogP contribution in [0.15, 0.2) is 24.3 Å². The van der Waals surface area contributed by atoms with Gasteiger partial charge in [0.05, 0.1) is 12.2 Å². The molecule has 0 spiro atoms. The highest BCUT2D eigenvalue weighted by molar-refractivity contribution is 6.01. The predicted molar refractivity (Wildman–Crippen MR) is 91.0 cm³/mol. The van der Waals surface area contributed by atoms with E-state index in [9.17, 15) is 14.4 Å². The molecule has 5 nitrogen and oxygen atoms in total. The summed E-state index contributed by atoms with van der Waals surface area (Å²) in [5, 5.41) is 0. The average molecular weight is 334 g/mol. The van der Waals surface area contributed by atoms with Crippen molar-refractivity contribution in [1.29, 1.82) is 0 Å². The van der Waals surface area contributed by atoms with Gasteiger partial charge in [-0.1, -0.05) is 45.7 Å². The van der Waals surface area contributed by atoms with Crippen LogP contribution in [0.1, 0.15) is 63.2 Å². The Hall–Kier alpha value is -2.17. The highest BCUT2D eigenvalue weighted by atomic mass is 16.6. The highest BCUT2D eigenvalue weighted by Crippen LogP contribution is 2.31. The van der Waals surface area contributed by atoms with E-state index < -0.39 is 17.4 Å². The summed E-state index contributed by atoms with van der Waals surface area (Å²) in [7, 11) is 0. The van der Waals surface area contributed by atoms with Gasteiger partial charge in [0.25, 0.3) is 0 Å². The van der Waals surface area contributed by atoms with Gasteiger partial charge in [-0.05, 0) is 31.4 Å². The van der Waals surface area contributed by atoms with Crippen LogP contribution in [0.5, 0.6) is 5.75 Å². The Morgan fingerprint density at radius 2 is 1.71 bits per heavy atom. The van der Waals surface area contributed by atoms with E-state index in [0.717, 1.165) is 19.3 Å². The van der Waals surface area contributed by atoms with E-state index in [4.69, 9.17) is 9.47 Å². The van der Waals surface area contributed by atoms with Gasteiger partial charge in [0, 0.05) is 0 Å². The summed E-state index contributed by atoms with van der Waals surface area (Å²) in [6.45, 7) is 5.87. The van der Waals surface area contributed by atoms with Gasteiger partial charge in [-0.25, -0.2) is 0 Å². The fourth-order valence-electron chi connectivity index (χ4n) is 2.43. The lowest BCUT2D eigenvalue weighted by Crippen LogP contribution is -2.42. The Morgan fingerprint density at radius 3 is 2.29 bits per heavy atom. The first-order valence-electron chi connectivity index (χ1n) is 8.49. The Bertz CT molecular complexity index is 561. The number of carbonyl (C=O) groups excluding carboxylic acids is 3. The standard InChI is InChI=1S/C19H26O5/c1-4-7-10-13-23-17(21)19(5-2,6-3)18(22)24-16-12-9-8-11-15(16)14-20/h8-9,11-12,14H,4-7,10,13H2,1-3H3. The molecule has 0 N–H and O–H groups in total. The van der Waals surface area contributed by atoms with Crippen molar-refractivity contribution in [2.75, 3.05) is 6.61 Å². The molecule has 0 radical (unpaired) electrons. The average Bonchev–Trinajstić information content (AvgIpc) is 2.60. The van der Waals surface area contributed by atoms with Gasteiger partial charge in [0.15, 0.2) is 11.7 Å². The van der Waals surface area contributed by atoms with Crippen molar-refractivity contribution in [3.05, 3.63) is 29.8 Å². The van der Waals surface area contributed by atoms with Gasteiger partial charge in [0.1, 0.15) is 5.75 Å². The molecule has 1 aromatic rings. The Labute approximate surface area is 143 Å². The Balaban J connectivity index is 2.90. The van der Waals surface area contributed by atoms with Crippen molar-refractivity contribution in [1.82, 2.24) is 0 Å². The van der Waals surface area contributed by atoms with Crippen molar-refractivity contribution in [3.8, 4) is 5.75 Å². The van der Waals surface area contributed by atoms with Crippen molar-refractivity contribution in [2.45, 2.75) is 52.9 Å². The van der Waals surface area contributed by atoms with E-state index in [1.165, 1.54) is 6.07 Å². The van der Waals surface area contributed by atoms with Gasteiger partial charge in [-0.15, -0.1) is 0 Å². The molecule has 0 unspecified atom stereocenters. The van der Waals surface area contributed by atoms with E-state index in [1.54, 1.807) is 32.0 Å². The summed E-state index contributed by atoms with van der Waals surface area (Å²) in [6.07, 6.45) is 3.93. The number of hydrogen-bond acceptors (Lipinski definition) is 5. The summed E-state index contributed by atoms with van der Waals surface area (Å²) in [5.41, 5.74) is -1.08. The minimum Gasteiger partial charge on any atom is -0.465 e. The normalized spacial score (nSPS) is 11.0. The number of aldehydes is 1. The number of carbonyl (C=O) groups is 3. The second-order valence-corrected chi connectivity index (χ2v) is 5.68. The summed E-state index contributed by atoms with van der Waals surface area (Å²) in [6, 6.07) is 6.43. The smallest absolute Gasteiger partial charge is 0.328 e. The van der Waals surface area contributed by atoms with Crippen LogP contribution < -0.4 is 4.74 Å². The molecule has 24 heavy (non-hydrogen) atoms. The minimum absolute atomic E-state index is 0.155. The van der Waals surface area contributed by atoms with Crippen LogP contribution >= 0.6 is 0 Å². The molecule has 0 bridgehead atoms. The zero-order valence-corrected chi connectivity index (χ0v) is 14.7. The van der Waals surface area contributed by atoms with Crippen molar-refractivity contribution >= 4 is 18.2 Å². The lowest BCUT2D eigenvalue weighted by atomic mass is 9.82. The summed E-state index contributed by atoms with van der Waals surface area (Å²) in [4.78, 5) is 36.2. The van der Waals surface area contributed by atoms with Crippen LogP contribution in [0.25, 0.3) is 0 Å². The molecule has 5 heteroatoms.